The van der Waals surface area contributed by atoms with Crippen molar-refractivity contribution < 1.29 is 9.59 Å². The van der Waals surface area contributed by atoms with Crippen LogP contribution in [0.2, 0.25) is 0 Å². The monoisotopic (exact) mass is 197 g/mol. The number of nitrogens with zero attached hydrogens (tertiary/aromatic N) is 1. The van der Waals surface area contributed by atoms with Crippen molar-refractivity contribution in [1.29, 1.82) is 0 Å². The van der Waals surface area contributed by atoms with Crippen LogP contribution in [0.25, 0.3) is 0 Å². The van der Waals surface area contributed by atoms with Gasteiger partial charge >= 0.3 is 0 Å². The van der Waals surface area contributed by atoms with Crippen molar-refractivity contribution in [3.8, 4) is 0 Å². The van der Waals surface area contributed by atoms with Gasteiger partial charge in [0.05, 0.1) is 0 Å². The van der Waals surface area contributed by atoms with Crippen molar-refractivity contribution >= 4 is 11.8 Å². The summed E-state index contributed by atoms with van der Waals surface area (Å²) in [5, 5.41) is 0. The van der Waals surface area contributed by atoms with Crippen molar-refractivity contribution in [2.24, 2.45) is 0 Å². The number of carbonyl (C=O) groups excluding carboxylic acids is 2. The Hall–Kier alpha value is -0.860. The Morgan fingerprint density at radius 1 is 1.21 bits per heavy atom. The van der Waals surface area contributed by atoms with E-state index in [2.05, 4.69) is 6.92 Å². The lowest BCUT2D eigenvalue weighted by molar-refractivity contribution is -0.144. The Bertz CT molecular complexity index is 230. The molecule has 0 spiro atoms. The lowest BCUT2D eigenvalue weighted by atomic mass is 9.95. The summed E-state index contributed by atoms with van der Waals surface area (Å²) in [5.41, 5.74) is -0.291. The predicted molar refractivity (Wildman–Crippen MR) is 54.7 cm³/mol. The number of imide groups is 1. The van der Waals surface area contributed by atoms with Gasteiger partial charge in [-0.25, -0.2) is 0 Å². The maximum atomic E-state index is 11.5. The molecule has 0 radical (unpaired) electrons. The number of unbranched alkanes of at least 4 members (excludes halogenated alkanes) is 1. The molecular formula is C11H19NO2. The minimum absolute atomic E-state index is 0.00361. The van der Waals surface area contributed by atoms with Gasteiger partial charge in [-0.15, -0.1) is 0 Å². The quantitative estimate of drug-likeness (QED) is 0.647. The number of rotatable bonds is 4. The van der Waals surface area contributed by atoms with E-state index in [-0.39, 0.29) is 17.4 Å². The van der Waals surface area contributed by atoms with Gasteiger partial charge in [-0.1, -0.05) is 19.8 Å². The smallest absolute Gasteiger partial charge is 0.230 e. The highest BCUT2D eigenvalue weighted by atomic mass is 16.2. The molecule has 0 unspecified atom stereocenters. The van der Waals surface area contributed by atoms with Gasteiger partial charge in [0.2, 0.25) is 11.8 Å². The molecule has 1 heterocycles. The molecule has 3 nitrogen and oxygen atoms in total. The second-order valence-electron chi connectivity index (χ2n) is 4.54. The van der Waals surface area contributed by atoms with Crippen molar-refractivity contribution in [3.63, 3.8) is 0 Å². The van der Waals surface area contributed by atoms with E-state index in [4.69, 9.17) is 0 Å². The summed E-state index contributed by atoms with van der Waals surface area (Å²) in [4.78, 5) is 24.5. The van der Waals surface area contributed by atoms with Gasteiger partial charge in [-0.2, -0.15) is 0 Å². The van der Waals surface area contributed by atoms with E-state index >= 15 is 0 Å². The van der Waals surface area contributed by atoms with Gasteiger partial charge in [-0.05, 0) is 20.3 Å². The summed E-state index contributed by atoms with van der Waals surface area (Å²) in [6.45, 7) is 6.07. The highest BCUT2D eigenvalue weighted by Crippen LogP contribution is 2.27. The Kier molecular flexibility index (Phi) is 3.29. The van der Waals surface area contributed by atoms with Gasteiger partial charge in [0, 0.05) is 18.4 Å². The molecule has 14 heavy (non-hydrogen) atoms. The van der Waals surface area contributed by atoms with E-state index in [0.29, 0.717) is 12.8 Å². The third kappa shape index (κ3) is 2.14. The summed E-state index contributed by atoms with van der Waals surface area (Å²) in [6.07, 6.45) is 3.85. The fraction of sp³-hybridized carbons (Fsp3) is 0.818. The Morgan fingerprint density at radius 2 is 1.71 bits per heavy atom. The lowest BCUT2D eigenvalue weighted by Gasteiger charge is -2.33. The van der Waals surface area contributed by atoms with Gasteiger partial charge in [0.15, 0.2) is 0 Å². The summed E-state index contributed by atoms with van der Waals surface area (Å²) < 4.78 is 0. The first-order valence-electron chi connectivity index (χ1n) is 5.35. The van der Waals surface area contributed by atoms with Crippen LogP contribution in [0.4, 0.5) is 0 Å². The van der Waals surface area contributed by atoms with Crippen LogP contribution in [-0.4, -0.2) is 22.3 Å². The first-order valence-corrected chi connectivity index (χ1v) is 5.35. The number of carbonyl (C=O) groups is 2. The largest absolute Gasteiger partial charge is 0.277 e. The number of amides is 2. The molecule has 1 aliphatic heterocycles. The Balaban J connectivity index is 2.69. The molecule has 1 fully saturated rings. The molecule has 1 saturated heterocycles. The zero-order valence-electron chi connectivity index (χ0n) is 9.30. The SMILES string of the molecule is CCCCC(C)(C)N1C(=O)CCC1=O. The average molecular weight is 197 g/mol. The fourth-order valence-corrected chi connectivity index (χ4v) is 1.97. The molecule has 0 bridgehead atoms. The van der Waals surface area contributed by atoms with E-state index in [1.54, 1.807) is 0 Å². The Labute approximate surface area is 85.5 Å². The summed E-state index contributed by atoms with van der Waals surface area (Å²) >= 11 is 0. The third-order valence-electron chi connectivity index (χ3n) is 2.80. The molecule has 0 atom stereocenters. The average Bonchev–Trinajstić information content (AvgIpc) is 2.43. The van der Waals surface area contributed by atoms with Gasteiger partial charge < -0.3 is 0 Å². The normalized spacial score (nSPS) is 18.1. The van der Waals surface area contributed by atoms with Crippen molar-refractivity contribution in [3.05, 3.63) is 0 Å². The predicted octanol–water partition coefficient (Wildman–Crippen LogP) is 2.10. The van der Waals surface area contributed by atoms with E-state index in [1.807, 2.05) is 13.8 Å². The molecule has 0 saturated carbocycles. The van der Waals surface area contributed by atoms with Crippen LogP contribution in [-0.2, 0) is 9.59 Å². The van der Waals surface area contributed by atoms with Crippen LogP contribution in [0, 0.1) is 0 Å². The summed E-state index contributed by atoms with van der Waals surface area (Å²) in [7, 11) is 0. The van der Waals surface area contributed by atoms with Crippen LogP contribution < -0.4 is 0 Å². The van der Waals surface area contributed by atoms with Crippen LogP contribution in [0.15, 0.2) is 0 Å². The van der Waals surface area contributed by atoms with Gasteiger partial charge in [0.1, 0.15) is 0 Å². The van der Waals surface area contributed by atoms with Crippen molar-refractivity contribution in [2.75, 3.05) is 0 Å². The van der Waals surface area contributed by atoms with Crippen LogP contribution in [0.1, 0.15) is 52.9 Å². The van der Waals surface area contributed by atoms with Crippen LogP contribution in [0.3, 0.4) is 0 Å². The first-order chi connectivity index (χ1) is 6.49. The molecule has 0 aliphatic carbocycles. The molecule has 1 aliphatic rings. The number of likely N-dealkylation sites (tertiary alicyclic amines) is 1. The second-order valence-corrected chi connectivity index (χ2v) is 4.54. The molecule has 1 rings (SSSR count). The maximum Gasteiger partial charge on any atom is 0.230 e. The molecule has 0 aromatic rings. The standard InChI is InChI=1S/C11H19NO2/c1-4-5-8-11(2,3)12-9(13)6-7-10(12)14/h4-8H2,1-3H3. The highest BCUT2D eigenvalue weighted by Gasteiger charge is 2.39. The van der Waals surface area contributed by atoms with E-state index < -0.39 is 0 Å². The number of hydrogen-bond donors (Lipinski definition) is 0. The lowest BCUT2D eigenvalue weighted by Crippen LogP contribution is -2.47. The Morgan fingerprint density at radius 3 is 2.14 bits per heavy atom. The molecule has 80 valence electrons. The molecule has 0 aromatic carbocycles. The van der Waals surface area contributed by atoms with Crippen LogP contribution >= 0.6 is 0 Å². The zero-order chi connectivity index (χ0) is 10.8. The minimum Gasteiger partial charge on any atom is -0.277 e. The fourth-order valence-electron chi connectivity index (χ4n) is 1.97. The highest BCUT2D eigenvalue weighted by molar-refractivity contribution is 6.02. The van der Waals surface area contributed by atoms with E-state index in [9.17, 15) is 9.59 Å². The van der Waals surface area contributed by atoms with Crippen molar-refractivity contribution in [1.82, 2.24) is 4.90 Å². The number of hydrogen-bond acceptors (Lipinski definition) is 2. The molecular weight excluding hydrogens is 178 g/mol. The van der Waals surface area contributed by atoms with Crippen molar-refractivity contribution in [2.45, 2.75) is 58.4 Å². The van der Waals surface area contributed by atoms with E-state index in [1.165, 1.54) is 4.90 Å². The summed E-state index contributed by atoms with van der Waals surface area (Å²) in [5.74, 6) is -0.00722. The third-order valence-corrected chi connectivity index (χ3v) is 2.80. The van der Waals surface area contributed by atoms with Crippen LogP contribution in [0.5, 0.6) is 0 Å². The van der Waals surface area contributed by atoms with E-state index in [0.717, 1.165) is 19.3 Å². The molecule has 3 heteroatoms. The molecule has 0 N–H and O–H groups in total. The zero-order valence-corrected chi connectivity index (χ0v) is 9.30. The minimum atomic E-state index is -0.291. The topological polar surface area (TPSA) is 37.4 Å². The van der Waals surface area contributed by atoms with Gasteiger partial charge in [-0.3, -0.25) is 14.5 Å². The maximum absolute atomic E-state index is 11.5. The second kappa shape index (κ2) is 4.11. The first kappa shape index (κ1) is 11.2. The van der Waals surface area contributed by atoms with Gasteiger partial charge in [0.25, 0.3) is 0 Å². The summed E-state index contributed by atoms with van der Waals surface area (Å²) in [6, 6.07) is 0. The molecule has 2 amide bonds. The molecule has 0 aromatic heterocycles.